The molecule has 0 aliphatic carbocycles. The lowest BCUT2D eigenvalue weighted by Gasteiger charge is -2.23. The molecule has 0 amide bonds. The molecule has 1 aliphatic rings. The first-order valence-corrected chi connectivity index (χ1v) is 6.84. The van der Waals surface area contributed by atoms with Crippen molar-refractivity contribution in [2.45, 2.75) is 32.7 Å². The van der Waals surface area contributed by atoms with Crippen molar-refractivity contribution in [3.8, 4) is 0 Å². The van der Waals surface area contributed by atoms with E-state index >= 15 is 0 Å². The molecule has 1 saturated heterocycles. The van der Waals surface area contributed by atoms with Crippen molar-refractivity contribution in [3.05, 3.63) is 35.9 Å². The van der Waals surface area contributed by atoms with Crippen LogP contribution in [0.5, 0.6) is 0 Å². The van der Waals surface area contributed by atoms with Gasteiger partial charge in [-0.15, -0.1) is 0 Å². The summed E-state index contributed by atoms with van der Waals surface area (Å²) in [7, 11) is 2.05. The minimum atomic E-state index is 0.476. The normalized spacial score (nSPS) is 17.4. The van der Waals surface area contributed by atoms with Crippen LogP contribution in [0.2, 0.25) is 0 Å². The van der Waals surface area contributed by atoms with Crippen LogP contribution in [-0.2, 0) is 0 Å². The van der Waals surface area contributed by atoms with Crippen LogP contribution in [0.15, 0.2) is 30.3 Å². The van der Waals surface area contributed by atoms with Gasteiger partial charge in [0.05, 0.1) is 0 Å². The van der Waals surface area contributed by atoms with Crippen molar-refractivity contribution in [1.29, 1.82) is 0 Å². The Morgan fingerprint density at radius 3 is 2.24 bits per heavy atom. The lowest BCUT2D eigenvalue weighted by atomic mass is 10.1. The number of nitrogens with zero attached hydrogens (tertiary/aromatic N) is 1. The molecule has 0 bridgehead atoms. The molecule has 0 saturated carbocycles. The number of nitrogens with one attached hydrogen (secondary N) is 1. The van der Waals surface area contributed by atoms with Crippen LogP contribution in [0.25, 0.3) is 0 Å². The second kappa shape index (κ2) is 8.26. The first kappa shape index (κ1) is 14.2. The smallest absolute Gasteiger partial charge is 0.0446 e. The third-order valence-corrected chi connectivity index (χ3v) is 3.19. The highest BCUT2D eigenvalue weighted by molar-refractivity contribution is 5.19. The molecular weight excluding hydrogens is 208 g/mol. The topological polar surface area (TPSA) is 15.3 Å². The molecule has 1 aromatic carbocycles. The zero-order valence-electron chi connectivity index (χ0n) is 11.4. The Balaban J connectivity index is 0.000000686. The quantitative estimate of drug-likeness (QED) is 0.861. The van der Waals surface area contributed by atoms with Gasteiger partial charge in [-0.1, -0.05) is 44.2 Å². The van der Waals surface area contributed by atoms with Crippen molar-refractivity contribution in [2.75, 3.05) is 26.7 Å². The van der Waals surface area contributed by atoms with Crippen molar-refractivity contribution < 1.29 is 0 Å². The summed E-state index contributed by atoms with van der Waals surface area (Å²) in [5.74, 6) is 0. The van der Waals surface area contributed by atoms with E-state index in [1.807, 2.05) is 20.9 Å². The van der Waals surface area contributed by atoms with E-state index in [9.17, 15) is 0 Å². The number of likely N-dealkylation sites (N-methyl/N-ethyl adjacent to an activating group) is 1. The van der Waals surface area contributed by atoms with Gasteiger partial charge in [-0.2, -0.15) is 0 Å². The molecule has 2 rings (SSSR count). The number of likely N-dealkylation sites (tertiary alicyclic amines) is 1. The van der Waals surface area contributed by atoms with E-state index in [1.54, 1.807) is 0 Å². The zero-order chi connectivity index (χ0) is 12.5. The van der Waals surface area contributed by atoms with E-state index < -0.39 is 0 Å². The van der Waals surface area contributed by atoms with E-state index in [4.69, 9.17) is 0 Å². The first-order chi connectivity index (χ1) is 8.40. The molecular formula is C15H26N2. The van der Waals surface area contributed by atoms with Gasteiger partial charge >= 0.3 is 0 Å². The fourth-order valence-electron chi connectivity index (χ4n) is 2.27. The van der Waals surface area contributed by atoms with Crippen LogP contribution < -0.4 is 5.32 Å². The SMILES string of the molecule is CC.CNC(CN1CCCC1)c1ccccc1. The van der Waals surface area contributed by atoms with Gasteiger partial charge in [-0.05, 0) is 38.5 Å². The Bertz CT molecular complexity index is 278. The molecule has 1 aromatic rings. The van der Waals surface area contributed by atoms with Gasteiger partial charge in [0.2, 0.25) is 0 Å². The molecule has 0 spiro atoms. The van der Waals surface area contributed by atoms with Gasteiger partial charge in [-0.25, -0.2) is 0 Å². The molecule has 2 nitrogen and oxygen atoms in total. The fraction of sp³-hybridized carbons (Fsp3) is 0.600. The van der Waals surface area contributed by atoms with Crippen LogP contribution >= 0.6 is 0 Å². The fourth-order valence-corrected chi connectivity index (χ4v) is 2.27. The molecule has 96 valence electrons. The summed E-state index contributed by atoms with van der Waals surface area (Å²) in [6.07, 6.45) is 2.73. The van der Waals surface area contributed by atoms with E-state index in [0.29, 0.717) is 6.04 Å². The summed E-state index contributed by atoms with van der Waals surface area (Å²) < 4.78 is 0. The predicted octanol–water partition coefficient (Wildman–Crippen LogP) is 3.07. The van der Waals surface area contributed by atoms with Crippen molar-refractivity contribution in [3.63, 3.8) is 0 Å². The first-order valence-electron chi connectivity index (χ1n) is 6.84. The monoisotopic (exact) mass is 234 g/mol. The highest BCUT2D eigenvalue weighted by atomic mass is 15.2. The largest absolute Gasteiger partial charge is 0.312 e. The van der Waals surface area contributed by atoms with Crippen molar-refractivity contribution in [2.24, 2.45) is 0 Å². The summed E-state index contributed by atoms with van der Waals surface area (Å²) in [5, 5.41) is 3.40. The lowest BCUT2D eigenvalue weighted by molar-refractivity contribution is 0.299. The Hall–Kier alpha value is -0.860. The van der Waals surface area contributed by atoms with Gasteiger partial charge in [0.1, 0.15) is 0 Å². The summed E-state index contributed by atoms with van der Waals surface area (Å²) in [6.45, 7) is 7.68. The standard InChI is InChI=1S/C13H20N2.C2H6/c1-14-13(11-15-9-5-6-10-15)12-7-3-2-4-8-12;1-2/h2-4,7-8,13-14H,5-6,9-11H2,1H3;1-2H3. The molecule has 0 aromatic heterocycles. The van der Waals surface area contributed by atoms with E-state index in [-0.39, 0.29) is 0 Å². The Morgan fingerprint density at radius 1 is 1.12 bits per heavy atom. The summed E-state index contributed by atoms with van der Waals surface area (Å²) in [6, 6.07) is 11.2. The third-order valence-electron chi connectivity index (χ3n) is 3.19. The van der Waals surface area contributed by atoms with Gasteiger partial charge in [-0.3, -0.25) is 0 Å². The second-order valence-corrected chi connectivity index (χ2v) is 4.26. The molecule has 1 heterocycles. The van der Waals surface area contributed by atoms with Crippen LogP contribution in [0, 0.1) is 0 Å². The number of hydrogen-bond donors (Lipinski definition) is 1. The third kappa shape index (κ3) is 4.49. The van der Waals surface area contributed by atoms with Crippen molar-refractivity contribution >= 4 is 0 Å². The average molecular weight is 234 g/mol. The lowest BCUT2D eigenvalue weighted by Crippen LogP contribution is -2.31. The average Bonchev–Trinajstić information content (AvgIpc) is 2.92. The van der Waals surface area contributed by atoms with E-state index in [2.05, 4.69) is 40.5 Å². The van der Waals surface area contributed by atoms with Gasteiger partial charge in [0, 0.05) is 12.6 Å². The number of rotatable bonds is 4. The molecule has 0 radical (unpaired) electrons. The highest BCUT2D eigenvalue weighted by Crippen LogP contribution is 2.16. The molecule has 17 heavy (non-hydrogen) atoms. The Kier molecular flexibility index (Phi) is 6.90. The minimum Gasteiger partial charge on any atom is -0.312 e. The van der Waals surface area contributed by atoms with Crippen molar-refractivity contribution in [1.82, 2.24) is 10.2 Å². The number of benzene rings is 1. The summed E-state index contributed by atoms with van der Waals surface area (Å²) >= 11 is 0. The van der Waals surface area contributed by atoms with Gasteiger partial charge in [0.25, 0.3) is 0 Å². The van der Waals surface area contributed by atoms with Crippen LogP contribution in [-0.4, -0.2) is 31.6 Å². The van der Waals surface area contributed by atoms with Gasteiger partial charge < -0.3 is 10.2 Å². The zero-order valence-corrected chi connectivity index (χ0v) is 11.4. The highest BCUT2D eigenvalue weighted by Gasteiger charge is 2.17. The summed E-state index contributed by atoms with van der Waals surface area (Å²) in [4.78, 5) is 2.55. The molecule has 2 heteroatoms. The maximum absolute atomic E-state index is 3.40. The van der Waals surface area contributed by atoms with Gasteiger partial charge in [0.15, 0.2) is 0 Å². The molecule has 1 N–H and O–H groups in total. The number of hydrogen-bond acceptors (Lipinski definition) is 2. The Morgan fingerprint density at radius 2 is 1.71 bits per heavy atom. The van der Waals surface area contributed by atoms with Crippen LogP contribution in [0.1, 0.15) is 38.3 Å². The maximum atomic E-state index is 3.40. The minimum absolute atomic E-state index is 0.476. The molecule has 1 atom stereocenters. The van der Waals surface area contributed by atoms with E-state index in [1.165, 1.54) is 31.5 Å². The predicted molar refractivity (Wildman–Crippen MR) is 75.3 cm³/mol. The van der Waals surface area contributed by atoms with E-state index in [0.717, 1.165) is 6.54 Å². The molecule has 1 unspecified atom stereocenters. The molecule has 1 aliphatic heterocycles. The summed E-state index contributed by atoms with van der Waals surface area (Å²) in [5.41, 5.74) is 1.40. The second-order valence-electron chi connectivity index (χ2n) is 4.26. The Labute approximate surface area is 106 Å². The maximum Gasteiger partial charge on any atom is 0.0446 e. The van der Waals surface area contributed by atoms with Crippen LogP contribution in [0.4, 0.5) is 0 Å². The van der Waals surface area contributed by atoms with Crippen LogP contribution in [0.3, 0.4) is 0 Å². The molecule has 1 fully saturated rings.